The van der Waals surface area contributed by atoms with Crippen LogP contribution in [0.1, 0.15) is 55.3 Å². The molecule has 0 unspecified atom stereocenters. The molecule has 0 saturated carbocycles. The van der Waals surface area contributed by atoms with E-state index in [2.05, 4.69) is 11.1 Å². The van der Waals surface area contributed by atoms with Gasteiger partial charge in [-0.05, 0) is 94.6 Å². The summed E-state index contributed by atoms with van der Waals surface area (Å²) in [7, 11) is 0. The molecule has 4 heteroatoms. The molecule has 0 bridgehead atoms. The van der Waals surface area contributed by atoms with Crippen molar-refractivity contribution in [2.75, 3.05) is 19.6 Å². The van der Waals surface area contributed by atoms with Crippen molar-refractivity contribution in [2.45, 2.75) is 57.8 Å². The molecule has 0 amide bonds. The smallest absolute Gasteiger partial charge is 0.0438 e. The first-order valence-corrected chi connectivity index (χ1v) is 8.39. The fraction of sp³-hybridized carbons (Fsp3) is 0.706. The minimum Gasteiger partial charge on any atom is -0.330 e. The van der Waals surface area contributed by atoms with E-state index in [-0.39, 0.29) is 0 Å². The van der Waals surface area contributed by atoms with Gasteiger partial charge in [-0.2, -0.15) is 0 Å². The van der Waals surface area contributed by atoms with Crippen LogP contribution in [0.2, 0.25) is 0 Å². The maximum atomic E-state index is 5.62. The Bertz CT molecular complexity index is 351. The van der Waals surface area contributed by atoms with Crippen LogP contribution < -0.4 is 17.2 Å². The van der Waals surface area contributed by atoms with Gasteiger partial charge in [-0.3, -0.25) is 4.98 Å². The predicted octanol–water partition coefficient (Wildman–Crippen LogP) is 1.93. The van der Waals surface area contributed by atoms with Crippen LogP contribution in [-0.4, -0.2) is 24.6 Å². The molecule has 0 aliphatic carbocycles. The summed E-state index contributed by atoms with van der Waals surface area (Å²) in [5.74, 6) is 0. The van der Waals surface area contributed by atoms with Crippen LogP contribution in [0.15, 0.2) is 12.3 Å². The minimum absolute atomic E-state index is 0.763. The van der Waals surface area contributed by atoms with Crippen LogP contribution in [0.4, 0.5) is 0 Å². The van der Waals surface area contributed by atoms with Crippen LogP contribution in [-0.2, 0) is 19.3 Å². The van der Waals surface area contributed by atoms with E-state index in [0.717, 1.165) is 77.4 Å². The maximum Gasteiger partial charge on any atom is 0.0438 e. The van der Waals surface area contributed by atoms with E-state index in [1.165, 1.54) is 16.8 Å². The summed E-state index contributed by atoms with van der Waals surface area (Å²) in [5.41, 5.74) is 21.0. The van der Waals surface area contributed by atoms with E-state index in [1.54, 1.807) is 0 Å². The van der Waals surface area contributed by atoms with Crippen LogP contribution in [0.5, 0.6) is 0 Å². The Morgan fingerprint density at radius 2 is 1.29 bits per heavy atom. The number of hydrogen-bond donors (Lipinski definition) is 3. The quantitative estimate of drug-likeness (QED) is 0.513. The molecule has 1 rings (SSSR count). The number of nitrogens with zero attached hydrogens (tertiary/aromatic N) is 1. The van der Waals surface area contributed by atoms with Gasteiger partial charge in [-0.1, -0.05) is 0 Å². The summed E-state index contributed by atoms with van der Waals surface area (Å²) in [6, 6.07) is 2.18. The van der Waals surface area contributed by atoms with Gasteiger partial charge in [-0.15, -0.1) is 0 Å². The zero-order chi connectivity index (χ0) is 15.3. The zero-order valence-electron chi connectivity index (χ0n) is 13.3. The van der Waals surface area contributed by atoms with Gasteiger partial charge in [0.15, 0.2) is 0 Å². The van der Waals surface area contributed by atoms with Crippen molar-refractivity contribution in [3.63, 3.8) is 0 Å². The summed E-state index contributed by atoms with van der Waals surface area (Å²) in [6.45, 7) is 2.31. The van der Waals surface area contributed by atoms with Gasteiger partial charge in [0, 0.05) is 11.9 Å². The van der Waals surface area contributed by atoms with Crippen molar-refractivity contribution in [3.05, 3.63) is 29.1 Å². The van der Waals surface area contributed by atoms with Gasteiger partial charge in [0.1, 0.15) is 0 Å². The Hall–Kier alpha value is -0.970. The van der Waals surface area contributed by atoms with Crippen molar-refractivity contribution in [2.24, 2.45) is 17.2 Å². The lowest BCUT2D eigenvalue weighted by Gasteiger charge is -2.14. The average molecular weight is 292 g/mol. The van der Waals surface area contributed by atoms with E-state index >= 15 is 0 Å². The molecule has 4 nitrogen and oxygen atoms in total. The highest BCUT2D eigenvalue weighted by Crippen LogP contribution is 2.19. The molecule has 21 heavy (non-hydrogen) atoms. The summed E-state index contributed by atoms with van der Waals surface area (Å²) in [4.78, 5) is 4.62. The highest BCUT2D eigenvalue weighted by Gasteiger charge is 2.09. The zero-order valence-corrected chi connectivity index (χ0v) is 13.3. The third kappa shape index (κ3) is 7.02. The first-order valence-electron chi connectivity index (χ1n) is 8.39. The second kappa shape index (κ2) is 11.7. The van der Waals surface area contributed by atoms with E-state index < -0.39 is 0 Å². The summed E-state index contributed by atoms with van der Waals surface area (Å²) < 4.78 is 0. The van der Waals surface area contributed by atoms with E-state index in [9.17, 15) is 0 Å². The molecule has 0 aromatic carbocycles. The molecular weight excluding hydrogens is 260 g/mol. The topological polar surface area (TPSA) is 90.9 Å². The lowest BCUT2D eigenvalue weighted by atomic mass is 9.95. The van der Waals surface area contributed by atoms with Crippen molar-refractivity contribution in [3.8, 4) is 0 Å². The second-order valence-corrected chi connectivity index (χ2v) is 5.63. The first-order chi connectivity index (χ1) is 10.3. The molecule has 1 aromatic rings. The number of pyridine rings is 1. The van der Waals surface area contributed by atoms with E-state index in [4.69, 9.17) is 17.2 Å². The summed E-state index contributed by atoms with van der Waals surface area (Å²) in [6.07, 6.45) is 11.9. The number of rotatable bonds is 12. The molecule has 0 atom stereocenters. The fourth-order valence-electron chi connectivity index (χ4n) is 2.68. The number of hydrogen-bond acceptors (Lipinski definition) is 4. The molecule has 1 heterocycles. The van der Waals surface area contributed by atoms with Gasteiger partial charge < -0.3 is 17.2 Å². The Balaban J connectivity index is 2.75. The lowest BCUT2D eigenvalue weighted by Crippen LogP contribution is -2.07. The highest BCUT2D eigenvalue weighted by atomic mass is 14.7. The molecule has 0 radical (unpaired) electrons. The Labute approximate surface area is 129 Å². The summed E-state index contributed by atoms with van der Waals surface area (Å²) >= 11 is 0. The second-order valence-electron chi connectivity index (χ2n) is 5.63. The third-order valence-corrected chi connectivity index (χ3v) is 3.89. The van der Waals surface area contributed by atoms with Crippen molar-refractivity contribution >= 4 is 0 Å². The molecule has 1 aromatic heterocycles. The van der Waals surface area contributed by atoms with Gasteiger partial charge in [0.05, 0.1) is 0 Å². The largest absolute Gasteiger partial charge is 0.330 e. The molecular formula is C17H32N4. The van der Waals surface area contributed by atoms with Gasteiger partial charge in [0.2, 0.25) is 0 Å². The predicted molar refractivity (Wildman–Crippen MR) is 90.2 cm³/mol. The molecule has 0 aliphatic rings. The number of unbranched alkanes of at least 4 members (excludes halogenated alkanes) is 3. The molecule has 120 valence electrons. The molecule has 0 fully saturated rings. The minimum atomic E-state index is 0.763. The van der Waals surface area contributed by atoms with Crippen LogP contribution >= 0.6 is 0 Å². The van der Waals surface area contributed by atoms with Crippen molar-refractivity contribution in [1.29, 1.82) is 0 Å². The van der Waals surface area contributed by atoms with Crippen molar-refractivity contribution < 1.29 is 0 Å². The van der Waals surface area contributed by atoms with E-state index in [0.29, 0.717) is 0 Å². The summed E-state index contributed by atoms with van der Waals surface area (Å²) in [5, 5.41) is 0. The first kappa shape index (κ1) is 18.1. The Morgan fingerprint density at radius 3 is 1.90 bits per heavy atom. The Morgan fingerprint density at radius 1 is 0.714 bits per heavy atom. The number of aryl methyl sites for hydroxylation is 2. The average Bonchev–Trinajstić information content (AvgIpc) is 2.50. The normalized spacial score (nSPS) is 11.0. The van der Waals surface area contributed by atoms with Crippen LogP contribution in [0.25, 0.3) is 0 Å². The van der Waals surface area contributed by atoms with Gasteiger partial charge in [0.25, 0.3) is 0 Å². The van der Waals surface area contributed by atoms with Gasteiger partial charge >= 0.3 is 0 Å². The monoisotopic (exact) mass is 292 g/mol. The van der Waals surface area contributed by atoms with E-state index in [1.807, 2.05) is 6.20 Å². The molecule has 6 N–H and O–H groups in total. The fourth-order valence-corrected chi connectivity index (χ4v) is 2.68. The highest BCUT2D eigenvalue weighted by molar-refractivity contribution is 5.30. The molecule has 0 aliphatic heterocycles. The standard InChI is InChI=1S/C17H32N4/c18-11-4-1-7-15-10-14-21-17(9-3-6-13-20)16(15)8-2-5-12-19/h10,14H,1-9,11-13,18-20H2. The Kier molecular flexibility index (Phi) is 10.0. The molecule has 0 spiro atoms. The van der Waals surface area contributed by atoms with Gasteiger partial charge in [-0.25, -0.2) is 0 Å². The van der Waals surface area contributed by atoms with Crippen LogP contribution in [0, 0.1) is 0 Å². The maximum absolute atomic E-state index is 5.62. The third-order valence-electron chi connectivity index (χ3n) is 3.89. The lowest BCUT2D eigenvalue weighted by molar-refractivity contribution is 0.688. The van der Waals surface area contributed by atoms with Crippen molar-refractivity contribution in [1.82, 2.24) is 4.98 Å². The molecule has 0 saturated heterocycles. The number of nitrogens with two attached hydrogens (primary N) is 3. The SMILES string of the molecule is NCCCCc1ccnc(CCCCN)c1CCCCN. The number of aromatic nitrogens is 1. The van der Waals surface area contributed by atoms with Crippen LogP contribution in [0.3, 0.4) is 0 Å².